The number of nitrogens with zero attached hydrogens (tertiary/aromatic N) is 1. The number of carbonyl (C=O) groups is 1. The number of thioether (sulfide) groups is 1. The number of amides is 1. The molecule has 0 aliphatic heterocycles. The van der Waals surface area contributed by atoms with Crippen molar-refractivity contribution in [3.05, 3.63) is 51.5 Å². The van der Waals surface area contributed by atoms with Crippen LogP contribution >= 0.6 is 46.6 Å². The molecule has 8 heteroatoms. The van der Waals surface area contributed by atoms with Gasteiger partial charge in [-0.3, -0.25) is 4.79 Å². The maximum Gasteiger partial charge on any atom is 0.257 e. The highest BCUT2D eigenvalue weighted by molar-refractivity contribution is 7.99. The van der Waals surface area contributed by atoms with Gasteiger partial charge in [0.05, 0.1) is 26.5 Å². The summed E-state index contributed by atoms with van der Waals surface area (Å²) < 4.78 is 5.53. The maximum atomic E-state index is 12.0. The molecule has 0 saturated carbocycles. The van der Waals surface area contributed by atoms with E-state index >= 15 is 0 Å². The number of hydrogen-bond donors (Lipinski definition) is 1. The molecule has 1 amide bonds. The smallest absolute Gasteiger partial charge is 0.257 e. The summed E-state index contributed by atoms with van der Waals surface area (Å²) >= 11 is 19.0. The van der Waals surface area contributed by atoms with Crippen LogP contribution in [0, 0.1) is 0 Å². The van der Waals surface area contributed by atoms with E-state index in [-0.39, 0.29) is 11.7 Å². The van der Waals surface area contributed by atoms with E-state index in [4.69, 9.17) is 39.2 Å². The number of nitrogens with one attached hydrogen (secondary N) is 1. The first-order valence-corrected chi connectivity index (χ1v) is 8.57. The van der Waals surface area contributed by atoms with Crippen molar-refractivity contribution in [2.24, 2.45) is 0 Å². The average Bonchev–Trinajstić information content (AvgIpc) is 2.93. The number of oxazole rings is 1. The van der Waals surface area contributed by atoms with Gasteiger partial charge in [-0.1, -0.05) is 58.7 Å². The fourth-order valence-corrected chi connectivity index (χ4v) is 3.08. The van der Waals surface area contributed by atoms with Gasteiger partial charge < -0.3 is 9.73 Å². The van der Waals surface area contributed by atoms with Crippen molar-refractivity contribution in [2.45, 2.75) is 5.22 Å². The second-order valence-electron chi connectivity index (χ2n) is 4.53. The lowest BCUT2D eigenvalue weighted by atomic mass is 10.3. The number of anilines is 1. The van der Waals surface area contributed by atoms with Gasteiger partial charge in [0.1, 0.15) is 5.52 Å². The minimum atomic E-state index is -0.252. The van der Waals surface area contributed by atoms with Crippen LogP contribution in [0.25, 0.3) is 11.1 Å². The zero-order valence-electron chi connectivity index (χ0n) is 11.5. The highest BCUT2D eigenvalue weighted by atomic mass is 35.5. The largest absolute Gasteiger partial charge is 0.431 e. The lowest BCUT2D eigenvalue weighted by molar-refractivity contribution is -0.113. The van der Waals surface area contributed by atoms with Crippen molar-refractivity contribution in [3.8, 4) is 0 Å². The summed E-state index contributed by atoms with van der Waals surface area (Å²) in [5, 5.41) is 4.08. The molecule has 0 atom stereocenters. The molecule has 1 N–H and O–H groups in total. The van der Waals surface area contributed by atoms with Gasteiger partial charge >= 0.3 is 0 Å². The van der Waals surface area contributed by atoms with E-state index in [2.05, 4.69) is 10.3 Å². The summed E-state index contributed by atoms with van der Waals surface area (Å²) in [5.74, 6) is -0.124. The Kier molecular flexibility index (Phi) is 5.02. The van der Waals surface area contributed by atoms with Crippen molar-refractivity contribution in [3.63, 3.8) is 0 Å². The first-order chi connectivity index (χ1) is 11.0. The van der Waals surface area contributed by atoms with E-state index in [0.717, 1.165) is 5.52 Å². The van der Waals surface area contributed by atoms with Gasteiger partial charge in [0.15, 0.2) is 5.58 Å². The average molecular weight is 388 g/mol. The summed E-state index contributed by atoms with van der Waals surface area (Å²) in [7, 11) is 0. The van der Waals surface area contributed by atoms with Crippen LogP contribution in [-0.4, -0.2) is 16.6 Å². The third kappa shape index (κ3) is 3.93. The van der Waals surface area contributed by atoms with Gasteiger partial charge in [0.25, 0.3) is 5.22 Å². The van der Waals surface area contributed by atoms with Crippen molar-refractivity contribution < 1.29 is 9.21 Å². The number of hydrogen-bond acceptors (Lipinski definition) is 4. The molecule has 0 fully saturated rings. The van der Waals surface area contributed by atoms with Crippen molar-refractivity contribution in [2.75, 3.05) is 11.1 Å². The molecule has 23 heavy (non-hydrogen) atoms. The van der Waals surface area contributed by atoms with Crippen molar-refractivity contribution in [1.29, 1.82) is 0 Å². The predicted molar refractivity (Wildman–Crippen MR) is 94.8 cm³/mol. The fraction of sp³-hybridized carbons (Fsp3) is 0.0667. The van der Waals surface area contributed by atoms with Gasteiger partial charge in [0, 0.05) is 0 Å². The van der Waals surface area contributed by atoms with E-state index in [1.165, 1.54) is 23.9 Å². The molecule has 0 radical (unpaired) electrons. The first-order valence-electron chi connectivity index (χ1n) is 6.45. The Hall–Kier alpha value is -1.40. The molecule has 1 aromatic heterocycles. The summed E-state index contributed by atoms with van der Waals surface area (Å²) in [5.41, 5.74) is 1.84. The molecule has 0 spiro atoms. The molecule has 1 heterocycles. The van der Waals surface area contributed by atoms with Gasteiger partial charge in [0.2, 0.25) is 5.91 Å². The van der Waals surface area contributed by atoms with Gasteiger partial charge in [-0.15, -0.1) is 0 Å². The van der Waals surface area contributed by atoms with Crippen LogP contribution in [0.3, 0.4) is 0 Å². The van der Waals surface area contributed by atoms with E-state index in [1.807, 2.05) is 24.3 Å². The lowest BCUT2D eigenvalue weighted by Crippen LogP contribution is -2.14. The van der Waals surface area contributed by atoms with Gasteiger partial charge in [-0.2, -0.15) is 0 Å². The molecular formula is C15H9Cl3N2O2S. The van der Waals surface area contributed by atoms with E-state index in [1.54, 1.807) is 0 Å². The quantitative estimate of drug-likeness (QED) is 0.473. The number of benzene rings is 2. The zero-order chi connectivity index (χ0) is 16.4. The molecule has 3 rings (SSSR count). The van der Waals surface area contributed by atoms with Crippen molar-refractivity contribution >= 4 is 69.3 Å². The molecule has 0 saturated heterocycles. The summed E-state index contributed by atoms with van der Waals surface area (Å²) in [4.78, 5) is 16.3. The Labute approximate surface area is 151 Å². The highest BCUT2D eigenvalue weighted by Crippen LogP contribution is 2.32. The molecule has 118 valence electrons. The minimum absolute atomic E-state index is 0.128. The first kappa shape index (κ1) is 16.5. The lowest BCUT2D eigenvalue weighted by Gasteiger charge is -2.08. The Morgan fingerprint density at radius 3 is 2.65 bits per heavy atom. The Morgan fingerprint density at radius 1 is 1.13 bits per heavy atom. The highest BCUT2D eigenvalue weighted by Gasteiger charge is 2.12. The summed E-state index contributed by atoms with van der Waals surface area (Å²) in [6.07, 6.45) is 0. The molecule has 2 aromatic carbocycles. The topological polar surface area (TPSA) is 55.1 Å². The summed E-state index contributed by atoms with van der Waals surface area (Å²) in [6, 6.07) is 10.4. The maximum absolute atomic E-state index is 12.0. The molecular weight excluding hydrogens is 379 g/mol. The molecule has 0 unspecified atom stereocenters. The number of halogens is 3. The van der Waals surface area contributed by atoms with Crippen LogP contribution in [0.5, 0.6) is 0 Å². The third-order valence-electron chi connectivity index (χ3n) is 2.89. The Bertz CT molecular complexity index is 849. The number of carbonyl (C=O) groups excluding carboxylic acids is 1. The molecule has 0 aliphatic rings. The van der Waals surface area contributed by atoms with E-state index in [0.29, 0.717) is 31.6 Å². The molecule has 0 bridgehead atoms. The van der Waals surface area contributed by atoms with Crippen molar-refractivity contribution in [1.82, 2.24) is 4.98 Å². The molecule has 3 aromatic rings. The number of fused-ring (bicyclic) bond motifs is 1. The Balaban J connectivity index is 1.64. The SMILES string of the molecule is O=C(CSc1nc2ccccc2o1)Nc1cc(Cl)c(Cl)cc1Cl. The predicted octanol–water partition coefficient (Wildman–Crippen LogP) is 5.52. The van der Waals surface area contributed by atoms with Crippen LogP contribution in [0.1, 0.15) is 0 Å². The van der Waals surface area contributed by atoms with Crippen LogP contribution in [0.4, 0.5) is 5.69 Å². The van der Waals surface area contributed by atoms with Gasteiger partial charge in [-0.05, 0) is 24.3 Å². The standard InChI is InChI=1S/C15H9Cl3N2O2S/c16-8-5-10(18)12(6-9(8)17)19-14(21)7-23-15-20-11-3-1-2-4-13(11)22-15/h1-6H,7H2,(H,19,21). The van der Waals surface area contributed by atoms with Gasteiger partial charge in [-0.25, -0.2) is 4.98 Å². The normalized spacial score (nSPS) is 10.9. The zero-order valence-corrected chi connectivity index (χ0v) is 14.6. The van der Waals surface area contributed by atoms with Crippen LogP contribution < -0.4 is 5.32 Å². The van der Waals surface area contributed by atoms with Crippen LogP contribution in [-0.2, 0) is 4.79 Å². The monoisotopic (exact) mass is 386 g/mol. The third-order valence-corrected chi connectivity index (χ3v) is 4.75. The van der Waals surface area contributed by atoms with E-state index < -0.39 is 0 Å². The Morgan fingerprint density at radius 2 is 1.87 bits per heavy atom. The van der Waals surface area contributed by atoms with Crippen LogP contribution in [0.15, 0.2) is 46.0 Å². The summed E-state index contributed by atoms with van der Waals surface area (Å²) in [6.45, 7) is 0. The fourth-order valence-electron chi connectivity index (χ4n) is 1.84. The van der Waals surface area contributed by atoms with Crippen LogP contribution in [0.2, 0.25) is 15.1 Å². The molecule has 4 nitrogen and oxygen atoms in total. The van der Waals surface area contributed by atoms with E-state index in [9.17, 15) is 4.79 Å². The number of aromatic nitrogens is 1. The number of para-hydroxylation sites is 2. The number of rotatable bonds is 4. The second kappa shape index (κ2) is 7.01. The second-order valence-corrected chi connectivity index (χ2v) is 6.68. The molecule has 0 aliphatic carbocycles. The minimum Gasteiger partial charge on any atom is -0.431 e.